The molecule has 0 amide bonds. The van der Waals surface area contributed by atoms with Crippen molar-refractivity contribution < 1.29 is 14.3 Å². The van der Waals surface area contributed by atoms with Crippen LogP contribution in [-0.4, -0.2) is 38.6 Å². The number of hydrogen-bond acceptors (Lipinski definition) is 7. The van der Waals surface area contributed by atoms with Gasteiger partial charge in [-0.2, -0.15) is 0 Å². The molecule has 3 aromatic rings. The van der Waals surface area contributed by atoms with Gasteiger partial charge in [0.15, 0.2) is 6.61 Å². The standard InChI is InChI=1S/C20H21N3O4S2/c1-11(20(26)27-9-14(24)13-6-4-8-21-13)28-10-16-22-18(25)17-12-5-2-3-7-15(12)29-19(17)23-16/h4,6,8,11,21H,2-3,5,7,9-10H2,1H3,(H,22,23,25)/t11-/m0/s1. The van der Waals surface area contributed by atoms with E-state index in [0.717, 1.165) is 41.5 Å². The van der Waals surface area contributed by atoms with Gasteiger partial charge in [-0.05, 0) is 50.3 Å². The summed E-state index contributed by atoms with van der Waals surface area (Å²) in [5.41, 5.74) is 1.47. The first-order valence-electron chi connectivity index (χ1n) is 9.51. The van der Waals surface area contributed by atoms with Crippen LogP contribution in [0.1, 0.15) is 46.5 Å². The van der Waals surface area contributed by atoms with Crippen LogP contribution in [0.25, 0.3) is 10.2 Å². The molecule has 0 saturated heterocycles. The van der Waals surface area contributed by atoms with Crippen molar-refractivity contribution in [3.8, 4) is 0 Å². The lowest BCUT2D eigenvalue weighted by Crippen LogP contribution is -2.22. The molecule has 0 aliphatic heterocycles. The fraction of sp³-hybridized carbons (Fsp3) is 0.400. The number of Topliss-reactive ketones (excluding diaryl/α,β-unsaturated/α-hetero) is 1. The van der Waals surface area contributed by atoms with E-state index in [9.17, 15) is 14.4 Å². The molecular weight excluding hydrogens is 410 g/mol. The van der Waals surface area contributed by atoms with Crippen molar-refractivity contribution in [2.75, 3.05) is 6.61 Å². The largest absolute Gasteiger partial charge is 0.456 e. The quantitative estimate of drug-likeness (QED) is 0.440. The normalized spacial score (nSPS) is 14.5. The third-order valence-corrected chi connectivity index (χ3v) is 7.24. The second-order valence-corrected chi connectivity index (χ2v) is 9.38. The van der Waals surface area contributed by atoms with Crippen molar-refractivity contribution in [2.24, 2.45) is 0 Å². The number of ketones is 1. The number of carbonyl (C=O) groups excluding carboxylic acids is 2. The van der Waals surface area contributed by atoms with Crippen molar-refractivity contribution >= 4 is 45.1 Å². The third kappa shape index (κ3) is 4.30. The highest BCUT2D eigenvalue weighted by Crippen LogP contribution is 2.33. The van der Waals surface area contributed by atoms with Gasteiger partial charge >= 0.3 is 5.97 Å². The molecule has 0 aromatic carbocycles. The Balaban J connectivity index is 1.37. The SMILES string of the molecule is C[C@H](SCc1nc2sc3c(c2c(=O)[nH]1)CCCC3)C(=O)OCC(=O)c1ccc[nH]1. The number of aromatic amines is 2. The second kappa shape index (κ2) is 8.54. The molecule has 2 N–H and O–H groups in total. The van der Waals surface area contributed by atoms with Crippen LogP contribution in [0.5, 0.6) is 0 Å². The van der Waals surface area contributed by atoms with E-state index in [2.05, 4.69) is 15.0 Å². The van der Waals surface area contributed by atoms with Gasteiger partial charge < -0.3 is 14.7 Å². The molecule has 0 spiro atoms. The predicted molar refractivity (Wildman–Crippen MR) is 114 cm³/mol. The van der Waals surface area contributed by atoms with Gasteiger partial charge in [0.05, 0.1) is 16.8 Å². The summed E-state index contributed by atoms with van der Waals surface area (Å²) in [7, 11) is 0. The van der Waals surface area contributed by atoms with Crippen LogP contribution < -0.4 is 5.56 Å². The molecule has 0 unspecified atom stereocenters. The van der Waals surface area contributed by atoms with E-state index in [1.165, 1.54) is 16.6 Å². The number of nitrogens with one attached hydrogen (secondary N) is 2. The molecular formula is C20H21N3O4S2. The molecule has 0 bridgehead atoms. The van der Waals surface area contributed by atoms with Gasteiger partial charge in [-0.1, -0.05) is 0 Å². The molecule has 3 heterocycles. The van der Waals surface area contributed by atoms with E-state index in [0.29, 0.717) is 17.3 Å². The van der Waals surface area contributed by atoms with E-state index in [1.54, 1.807) is 36.6 Å². The number of carbonyl (C=O) groups is 2. The number of thioether (sulfide) groups is 1. The van der Waals surface area contributed by atoms with Crippen molar-refractivity contribution in [3.05, 3.63) is 50.6 Å². The summed E-state index contributed by atoms with van der Waals surface area (Å²) in [5.74, 6) is 0.186. The third-order valence-electron chi connectivity index (χ3n) is 4.92. The zero-order chi connectivity index (χ0) is 20.4. The Morgan fingerprint density at radius 3 is 2.97 bits per heavy atom. The lowest BCUT2D eigenvalue weighted by molar-refractivity contribution is -0.141. The lowest BCUT2D eigenvalue weighted by Gasteiger charge is -2.11. The smallest absolute Gasteiger partial charge is 0.319 e. The zero-order valence-electron chi connectivity index (χ0n) is 15.9. The maximum Gasteiger partial charge on any atom is 0.319 e. The van der Waals surface area contributed by atoms with Gasteiger partial charge in [0.1, 0.15) is 15.9 Å². The highest BCUT2D eigenvalue weighted by Gasteiger charge is 2.21. The van der Waals surface area contributed by atoms with Crippen molar-refractivity contribution in [2.45, 2.75) is 43.6 Å². The number of thiophene rings is 1. The Kier molecular flexibility index (Phi) is 5.86. The number of rotatable bonds is 7. The molecule has 4 rings (SSSR count). The number of ether oxygens (including phenoxy) is 1. The molecule has 0 saturated carbocycles. The fourth-order valence-corrected chi connectivity index (χ4v) is 5.41. The summed E-state index contributed by atoms with van der Waals surface area (Å²) in [6.45, 7) is 1.42. The number of hydrogen-bond donors (Lipinski definition) is 2. The summed E-state index contributed by atoms with van der Waals surface area (Å²) in [4.78, 5) is 48.9. The second-order valence-electron chi connectivity index (χ2n) is 6.97. The Bertz CT molecular complexity index is 1100. The first-order valence-corrected chi connectivity index (χ1v) is 11.4. The number of aromatic nitrogens is 3. The van der Waals surface area contributed by atoms with Crippen molar-refractivity contribution in [1.29, 1.82) is 0 Å². The molecule has 0 fully saturated rings. The molecule has 0 radical (unpaired) electrons. The number of esters is 1. The van der Waals surface area contributed by atoms with E-state index in [4.69, 9.17) is 4.74 Å². The minimum absolute atomic E-state index is 0.100. The Morgan fingerprint density at radius 2 is 2.17 bits per heavy atom. The number of nitrogens with zero attached hydrogens (tertiary/aromatic N) is 1. The summed E-state index contributed by atoms with van der Waals surface area (Å²) in [6.07, 6.45) is 5.87. The molecule has 29 heavy (non-hydrogen) atoms. The van der Waals surface area contributed by atoms with Crippen LogP contribution in [0, 0.1) is 0 Å². The number of fused-ring (bicyclic) bond motifs is 3. The molecule has 1 aliphatic rings. The molecule has 1 aliphatic carbocycles. The van der Waals surface area contributed by atoms with Crippen LogP contribution in [-0.2, 0) is 28.1 Å². The summed E-state index contributed by atoms with van der Waals surface area (Å²) >= 11 is 2.92. The van der Waals surface area contributed by atoms with Crippen LogP contribution in [0.4, 0.5) is 0 Å². The highest BCUT2D eigenvalue weighted by atomic mass is 32.2. The van der Waals surface area contributed by atoms with E-state index in [1.807, 2.05) is 0 Å². The summed E-state index contributed by atoms with van der Waals surface area (Å²) in [5, 5.41) is 0.248. The fourth-order valence-electron chi connectivity index (χ4n) is 3.38. The minimum atomic E-state index is -0.482. The first kappa shape index (κ1) is 19.9. The Morgan fingerprint density at radius 1 is 1.34 bits per heavy atom. The average Bonchev–Trinajstić information content (AvgIpc) is 3.37. The van der Waals surface area contributed by atoms with Crippen molar-refractivity contribution in [3.63, 3.8) is 0 Å². The minimum Gasteiger partial charge on any atom is -0.456 e. The molecule has 152 valence electrons. The van der Waals surface area contributed by atoms with Gasteiger partial charge in [-0.25, -0.2) is 4.98 Å². The van der Waals surface area contributed by atoms with Gasteiger partial charge in [-0.3, -0.25) is 14.4 Å². The van der Waals surface area contributed by atoms with Crippen LogP contribution in [0.3, 0.4) is 0 Å². The monoisotopic (exact) mass is 431 g/mol. The zero-order valence-corrected chi connectivity index (χ0v) is 17.6. The van der Waals surface area contributed by atoms with Crippen LogP contribution >= 0.6 is 23.1 Å². The predicted octanol–water partition coefficient (Wildman–Crippen LogP) is 3.24. The van der Waals surface area contributed by atoms with Crippen molar-refractivity contribution in [1.82, 2.24) is 15.0 Å². The molecule has 3 aromatic heterocycles. The van der Waals surface area contributed by atoms with Gasteiger partial charge in [0, 0.05) is 11.1 Å². The number of aryl methyl sites for hydroxylation is 2. The molecule has 1 atom stereocenters. The maximum absolute atomic E-state index is 12.6. The lowest BCUT2D eigenvalue weighted by atomic mass is 9.97. The summed E-state index contributed by atoms with van der Waals surface area (Å²) in [6, 6.07) is 3.34. The number of H-pyrrole nitrogens is 2. The Labute approximate surface area is 175 Å². The van der Waals surface area contributed by atoms with Crippen LogP contribution in [0.15, 0.2) is 23.1 Å². The van der Waals surface area contributed by atoms with Gasteiger partial charge in [0.2, 0.25) is 5.78 Å². The van der Waals surface area contributed by atoms with E-state index < -0.39 is 11.2 Å². The van der Waals surface area contributed by atoms with Gasteiger partial charge in [0.25, 0.3) is 5.56 Å². The maximum atomic E-state index is 12.6. The molecule has 7 nitrogen and oxygen atoms in total. The Hall–Kier alpha value is -2.39. The van der Waals surface area contributed by atoms with Crippen LogP contribution in [0.2, 0.25) is 0 Å². The van der Waals surface area contributed by atoms with Gasteiger partial charge in [-0.15, -0.1) is 23.1 Å². The average molecular weight is 432 g/mol. The van der Waals surface area contributed by atoms with E-state index >= 15 is 0 Å². The molecule has 9 heteroatoms. The first-order chi connectivity index (χ1) is 14.0. The summed E-state index contributed by atoms with van der Waals surface area (Å²) < 4.78 is 5.11. The van der Waals surface area contributed by atoms with E-state index in [-0.39, 0.29) is 17.9 Å². The topological polar surface area (TPSA) is 105 Å². The highest BCUT2D eigenvalue weighted by molar-refractivity contribution is 7.99.